The highest BCUT2D eigenvalue weighted by molar-refractivity contribution is 8.00. The third kappa shape index (κ3) is 4.48. The first-order valence-corrected chi connectivity index (χ1v) is 10.8. The predicted octanol–water partition coefficient (Wildman–Crippen LogP) is 3.90. The summed E-state index contributed by atoms with van der Waals surface area (Å²) in [6.07, 6.45) is 1.46. The molecule has 3 amide bonds. The lowest BCUT2D eigenvalue weighted by atomic mass is 10.2. The van der Waals surface area contributed by atoms with E-state index in [0.717, 1.165) is 17.9 Å². The van der Waals surface area contributed by atoms with E-state index in [9.17, 15) is 14.0 Å². The van der Waals surface area contributed by atoms with Crippen LogP contribution in [0.2, 0.25) is 5.02 Å². The zero-order valence-corrected chi connectivity index (χ0v) is 17.6. The molecule has 0 aliphatic carbocycles. The third-order valence-corrected chi connectivity index (χ3v) is 6.37. The lowest BCUT2D eigenvalue weighted by molar-refractivity contribution is -0.127. The molecule has 4 rings (SSSR count). The number of nitrogens with two attached hydrogens (primary N) is 1. The first-order valence-electron chi connectivity index (χ1n) is 9.54. The van der Waals surface area contributed by atoms with Gasteiger partial charge in [0.15, 0.2) is 0 Å². The summed E-state index contributed by atoms with van der Waals surface area (Å²) in [5, 5.41) is 5.72. The summed E-state index contributed by atoms with van der Waals surface area (Å²) < 4.78 is 14.7. The number of likely N-dealkylation sites (tertiary alicyclic amines) is 1. The fourth-order valence-electron chi connectivity index (χ4n) is 3.52. The van der Waals surface area contributed by atoms with Gasteiger partial charge in [-0.05, 0) is 36.8 Å². The van der Waals surface area contributed by atoms with Crippen molar-refractivity contribution in [3.05, 3.63) is 47.2 Å². The summed E-state index contributed by atoms with van der Waals surface area (Å²) >= 11 is 7.21. The maximum Gasteiger partial charge on any atom is 0.323 e. The molecule has 158 valence electrons. The molecule has 2 aliphatic heterocycles. The number of fused-ring (bicyclic) bond motifs is 1. The van der Waals surface area contributed by atoms with Gasteiger partial charge in [-0.15, -0.1) is 0 Å². The standard InChI is InChI=1S/C20H21ClFN5O2S/c21-12-3-5-13(6-4-12)24-20(29)25-15-11-17-16(10-14(15)22)27(19(23)30-17)9-8-26-7-1-2-18(26)28/h3-6,10-11,19H,1-2,7-9,23H2,(H2,24,25,29). The molecule has 0 bridgehead atoms. The predicted molar refractivity (Wildman–Crippen MR) is 117 cm³/mol. The minimum Gasteiger partial charge on any atom is -0.344 e. The fourth-order valence-corrected chi connectivity index (χ4v) is 4.74. The summed E-state index contributed by atoms with van der Waals surface area (Å²) in [5.41, 5.74) is 7.11. The van der Waals surface area contributed by atoms with Crippen molar-refractivity contribution in [2.75, 3.05) is 35.2 Å². The molecule has 1 saturated heterocycles. The molecule has 0 spiro atoms. The van der Waals surface area contributed by atoms with Crippen molar-refractivity contribution in [2.45, 2.75) is 23.2 Å². The van der Waals surface area contributed by atoms with Gasteiger partial charge in [0.25, 0.3) is 0 Å². The molecule has 1 unspecified atom stereocenters. The minimum atomic E-state index is -0.562. The summed E-state index contributed by atoms with van der Waals surface area (Å²) in [4.78, 5) is 28.5. The smallest absolute Gasteiger partial charge is 0.323 e. The van der Waals surface area contributed by atoms with Crippen molar-refractivity contribution < 1.29 is 14.0 Å². The minimum absolute atomic E-state index is 0.0662. The van der Waals surface area contributed by atoms with Gasteiger partial charge in [0.2, 0.25) is 5.91 Å². The fraction of sp³-hybridized carbons (Fsp3) is 0.300. The Bertz CT molecular complexity index is 974. The molecule has 10 heteroatoms. The lowest BCUT2D eigenvalue weighted by Crippen LogP contribution is -2.42. The largest absolute Gasteiger partial charge is 0.344 e. The van der Waals surface area contributed by atoms with Gasteiger partial charge in [-0.25, -0.2) is 9.18 Å². The molecule has 0 saturated carbocycles. The molecule has 0 aromatic heterocycles. The Labute approximate surface area is 182 Å². The van der Waals surface area contributed by atoms with Crippen LogP contribution in [-0.4, -0.2) is 42.0 Å². The Morgan fingerprint density at radius 1 is 1.23 bits per heavy atom. The second kappa shape index (κ2) is 8.71. The molecular weight excluding hydrogens is 429 g/mol. The van der Waals surface area contributed by atoms with E-state index in [0.29, 0.717) is 35.9 Å². The number of anilines is 3. The monoisotopic (exact) mass is 449 g/mol. The van der Waals surface area contributed by atoms with Crippen LogP contribution in [0.5, 0.6) is 0 Å². The molecule has 1 atom stereocenters. The van der Waals surface area contributed by atoms with E-state index >= 15 is 0 Å². The second-order valence-electron chi connectivity index (χ2n) is 7.07. The molecule has 2 heterocycles. The van der Waals surface area contributed by atoms with E-state index in [2.05, 4.69) is 10.6 Å². The van der Waals surface area contributed by atoms with E-state index in [-0.39, 0.29) is 17.1 Å². The van der Waals surface area contributed by atoms with Crippen LogP contribution in [0, 0.1) is 5.82 Å². The van der Waals surface area contributed by atoms with E-state index in [1.165, 1.54) is 17.8 Å². The highest BCUT2D eigenvalue weighted by atomic mass is 35.5. The first kappa shape index (κ1) is 20.8. The average molecular weight is 450 g/mol. The van der Waals surface area contributed by atoms with Crippen LogP contribution in [0.3, 0.4) is 0 Å². The Morgan fingerprint density at radius 3 is 2.70 bits per heavy atom. The van der Waals surface area contributed by atoms with Gasteiger partial charge in [0.05, 0.1) is 11.4 Å². The highest BCUT2D eigenvalue weighted by Crippen LogP contribution is 2.43. The summed E-state index contributed by atoms with van der Waals surface area (Å²) in [5.74, 6) is -0.412. The van der Waals surface area contributed by atoms with Gasteiger partial charge in [-0.1, -0.05) is 23.4 Å². The highest BCUT2D eigenvalue weighted by Gasteiger charge is 2.30. The maximum atomic E-state index is 14.7. The van der Waals surface area contributed by atoms with Crippen LogP contribution < -0.4 is 21.3 Å². The van der Waals surface area contributed by atoms with Crippen molar-refractivity contribution in [3.63, 3.8) is 0 Å². The third-order valence-electron chi connectivity index (χ3n) is 5.05. The van der Waals surface area contributed by atoms with Gasteiger partial charge in [0, 0.05) is 47.7 Å². The number of benzene rings is 2. The van der Waals surface area contributed by atoms with E-state index in [1.807, 2.05) is 9.80 Å². The van der Waals surface area contributed by atoms with Crippen LogP contribution >= 0.6 is 23.4 Å². The number of amides is 3. The number of hydrogen-bond donors (Lipinski definition) is 3. The van der Waals surface area contributed by atoms with Gasteiger partial charge >= 0.3 is 6.03 Å². The number of nitrogens with zero attached hydrogens (tertiary/aromatic N) is 2. The van der Waals surface area contributed by atoms with E-state index < -0.39 is 11.8 Å². The van der Waals surface area contributed by atoms with Crippen molar-refractivity contribution in [3.8, 4) is 0 Å². The number of thioether (sulfide) groups is 1. The molecule has 2 aromatic rings. The van der Waals surface area contributed by atoms with Gasteiger partial charge in [-0.2, -0.15) is 0 Å². The molecule has 30 heavy (non-hydrogen) atoms. The van der Waals surface area contributed by atoms with Crippen LogP contribution in [0.4, 0.5) is 26.2 Å². The number of rotatable bonds is 5. The van der Waals surface area contributed by atoms with Crippen LogP contribution in [0.15, 0.2) is 41.3 Å². The summed E-state index contributed by atoms with van der Waals surface area (Å²) in [7, 11) is 0. The Balaban J connectivity index is 1.43. The van der Waals surface area contributed by atoms with Crippen LogP contribution in [-0.2, 0) is 4.79 Å². The SMILES string of the molecule is NC1Sc2cc(NC(=O)Nc3ccc(Cl)cc3)c(F)cc2N1CCN1CCCC1=O. The van der Waals surface area contributed by atoms with E-state index in [4.69, 9.17) is 17.3 Å². The van der Waals surface area contributed by atoms with Crippen molar-refractivity contribution >= 4 is 52.4 Å². The average Bonchev–Trinajstić information content (AvgIpc) is 3.24. The van der Waals surface area contributed by atoms with Crippen molar-refractivity contribution in [1.82, 2.24) is 4.90 Å². The number of carbonyl (C=O) groups excluding carboxylic acids is 2. The molecule has 1 fully saturated rings. The molecule has 7 nitrogen and oxygen atoms in total. The van der Waals surface area contributed by atoms with Crippen LogP contribution in [0.1, 0.15) is 12.8 Å². The molecule has 2 aliphatic rings. The summed E-state index contributed by atoms with van der Waals surface area (Å²) in [6.45, 7) is 1.83. The Morgan fingerprint density at radius 2 is 2.00 bits per heavy atom. The number of carbonyl (C=O) groups is 2. The number of urea groups is 1. The molecule has 2 aromatic carbocycles. The first-order chi connectivity index (χ1) is 14.4. The number of nitrogens with one attached hydrogen (secondary N) is 2. The normalized spacial score (nSPS) is 18.0. The van der Waals surface area contributed by atoms with Gasteiger partial charge in [0.1, 0.15) is 11.3 Å². The maximum absolute atomic E-state index is 14.7. The van der Waals surface area contributed by atoms with Crippen LogP contribution in [0.25, 0.3) is 0 Å². The molecular formula is C20H21ClFN5O2S. The zero-order valence-electron chi connectivity index (χ0n) is 16.0. The zero-order chi connectivity index (χ0) is 21.3. The van der Waals surface area contributed by atoms with Crippen molar-refractivity contribution in [1.29, 1.82) is 0 Å². The quantitative estimate of drug-likeness (QED) is 0.644. The topological polar surface area (TPSA) is 90.7 Å². The molecule has 4 N–H and O–H groups in total. The lowest BCUT2D eigenvalue weighted by Gasteiger charge is -2.26. The number of hydrogen-bond acceptors (Lipinski definition) is 5. The Hall–Kier alpha value is -2.49. The van der Waals surface area contributed by atoms with E-state index in [1.54, 1.807) is 30.3 Å². The summed E-state index contributed by atoms with van der Waals surface area (Å²) in [6, 6.07) is 8.99. The van der Waals surface area contributed by atoms with Crippen molar-refractivity contribution in [2.24, 2.45) is 5.73 Å². The van der Waals surface area contributed by atoms with Gasteiger partial charge < -0.3 is 26.2 Å². The number of halogens is 2. The molecule has 0 radical (unpaired) electrons. The van der Waals surface area contributed by atoms with Gasteiger partial charge in [-0.3, -0.25) is 4.79 Å². The second-order valence-corrected chi connectivity index (χ2v) is 8.67. The Kier molecular flexibility index (Phi) is 6.03.